The maximum Gasteiger partial charge on any atom is 0.231 e. The minimum absolute atomic E-state index is 0.119. The van der Waals surface area contributed by atoms with Gasteiger partial charge >= 0.3 is 0 Å². The molecule has 1 aliphatic heterocycles. The largest absolute Gasteiger partial charge is 0.454 e. The highest BCUT2D eigenvalue weighted by Crippen LogP contribution is 2.32. The Bertz CT molecular complexity index is 431. The maximum absolute atomic E-state index is 11.6. The molecule has 1 aliphatic rings. The number of ether oxygens (including phenoxy) is 2. The van der Waals surface area contributed by atoms with E-state index in [4.69, 9.17) is 9.47 Å². The molecule has 0 aliphatic carbocycles. The Balaban J connectivity index is 1.71. The van der Waals surface area contributed by atoms with E-state index in [-0.39, 0.29) is 12.7 Å². The lowest BCUT2D eigenvalue weighted by Crippen LogP contribution is -2.24. The van der Waals surface area contributed by atoms with E-state index in [0.717, 1.165) is 36.4 Å². The van der Waals surface area contributed by atoms with E-state index in [0.29, 0.717) is 6.42 Å². The maximum atomic E-state index is 11.6. The number of benzene rings is 1. The number of nitrogens with one attached hydrogen (secondary N) is 1. The summed E-state index contributed by atoms with van der Waals surface area (Å²) < 4.78 is 10.6. The number of hydrogen-bond donors (Lipinski definition) is 1. The molecule has 0 spiro atoms. The van der Waals surface area contributed by atoms with Gasteiger partial charge in [0.2, 0.25) is 12.7 Å². The second-order valence-corrected chi connectivity index (χ2v) is 4.74. The first-order valence-electron chi connectivity index (χ1n) is 6.95. The molecule has 0 atom stereocenters. The van der Waals surface area contributed by atoms with E-state index >= 15 is 0 Å². The van der Waals surface area contributed by atoms with Crippen molar-refractivity contribution in [3.8, 4) is 11.5 Å². The third-order valence-electron chi connectivity index (χ3n) is 3.18. The smallest absolute Gasteiger partial charge is 0.231 e. The molecule has 0 fully saturated rings. The van der Waals surface area contributed by atoms with Crippen LogP contribution in [0.2, 0.25) is 0 Å². The van der Waals surface area contributed by atoms with E-state index in [1.54, 1.807) is 0 Å². The molecule has 1 aromatic carbocycles. The molecule has 2 rings (SSSR count). The van der Waals surface area contributed by atoms with Crippen molar-refractivity contribution in [2.75, 3.05) is 13.3 Å². The number of carbonyl (C=O) groups is 1. The third kappa shape index (κ3) is 4.16. The van der Waals surface area contributed by atoms with E-state index in [2.05, 4.69) is 12.2 Å². The number of carbonyl (C=O) groups excluding carboxylic acids is 1. The third-order valence-corrected chi connectivity index (χ3v) is 3.18. The summed E-state index contributed by atoms with van der Waals surface area (Å²) in [5.74, 6) is 1.68. The molecule has 0 bridgehead atoms. The number of fused-ring (bicyclic) bond motifs is 1. The van der Waals surface area contributed by atoms with Gasteiger partial charge in [0.25, 0.3) is 0 Å². The highest BCUT2D eigenvalue weighted by atomic mass is 16.7. The van der Waals surface area contributed by atoms with Crippen LogP contribution in [0, 0.1) is 0 Å². The van der Waals surface area contributed by atoms with Crippen molar-refractivity contribution in [3.05, 3.63) is 23.8 Å². The second kappa shape index (κ2) is 7.02. The minimum Gasteiger partial charge on any atom is -0.454 e. The minimum atomic E-state index is 0.119. The van der Waals surface area contributed by atoms with Gasteiger partial charge in [-0.05, 0) is 30.5 Å². The Morgan fingerprint density at radius 2 is 2.11 bits per heavy atom. The topological polar surface area (TPSA) is 47.6 Å². The number of unbranched alkanes of at least 4 members (excludes halogenated alkanes) is 2. The van der Waals surface area contributed by atoms with E-state index in [1.807, 2.05) is 18.2 Å². The normalized spacial score (nSPS) is 12.5. The summed E-state index contributed by atoms with van der Waals surface area (Å²) in [6.07, 6.45) is 4.66. The molecule has 0 aromatic heterocycles. The zero-order chi connectivity index (χ0) is 13.5. The van der Waals surface area contributed by atoms with Crippen molar-refractivity contribution in [2.24, 2.45) is 0 Å². The van der Waals surface area contributed by atoms with Gasteiger partial charge in [0.05, 0.1) is 0 Å². The van der Waals surface area contributed by atoms with Crippen LogP contribution in [0.4, 0.5) is 0 Å². The molecular weight excluding hydrogens is 242 g/mol. The zero-order valence-corrected chi connectivity index (χ0v) is 11.4. The summed E-state index contributed by atoms with van der Waals surface area (Å²) in [7, 11) is 0. The van der Waals surface area contributed by atoms with E-state index in [9.17, 15) is 4.79 Å². The standard InChI is InChI=1S/C15H21NO3/c1-2-3-4-9-16-15(17)8-6-12-5-7-13-14(10-12)19-11-18-13/h5,7,10H,2-4,6,8-9,11H2,1H3,(H,16,17). The van der Waals surface area contributed by atoms with Crippen molar-refractivity contribution < 1.29 is 14.3 Å². The molecule has 4 nitrogen and oxygen atoms in total. The van der Waals surface area contributed by atoms with Gasteiger partial charge < -0.3 is 14.8 Å². The van der Waals surface area contributed by atoms with Crippen molar-refractivity contribution in [1.29, 1.82) is 0 Å². The molecule has 4 heteroatoms. The Morgan fingerprint density at radius 3 is 2.95 bits per heavy atom. The monoisotopic (exact) mass is 263 g/mol. The van der Waals surface area contributed by atoms with Crippen LogP contribution in [-0.4, -0.2) is 19.2 Å². The lowest BCUT2D eigenvalue weighted by molar-refractivity contribution is -0.121. The first-order valence-corrected chi connectivity index (χ1v) is 6.95. The van der Waals surface area contributed by atoms with Gasteiger partial charge in [0, 0.05) is 13.0 Å². The van der Waals surface area contributed by atoms with Crippen LogP contribution in [0.15, 0.2) is 18.2 Å². The number of amides is 1. The molecule has 1 heterocycles. The van der Waals surface area contributed by atoms with Crippen molar-refractivity contribution in [2.45, 2.75) is 39.0 Å². The van der Waals surface area contributed by atoms with Crippen molar-refractivity contribution in [1.82, 2.24) is 5.32 Å². The lowest BCUT2D eigenvalue weighted by atomic mass is 10.1. The SMILES string of the molecule is CCCCCNC(=O)CCc1ccc2c(c1)OCO2. The fraction of sp³-hybridized carbons (Fsp3) is 0.533. The number of hydrogen-bond acceptors (Lipinski definition) is 3. The Hall–Kier alpha value is -1.71. The Labute approximate surface area is 114 Å². The zero-order valence-electron chi connectivity index (χ0n) is 11.4. The van der Waals surface area contributed by atoms with Crippen LogP contribution in [0.5, 0.6) is 11.5 Å². The summed E-state index contributed by atoms with van der Waals surface area (Å²) in [6.45, 7) is 3.23. The first-order chi connectivity index (χ1) is 9.29. The summed E-state index contributed by atoms with van der Waals surface area (Å²) >= 11 is 0. The summed E-state index contributed by atoms with van der Waals surface area (Å²) in [5, 5.41) is 2.95. The molecule has 0 saturated heterocycles. The van der Waals surface area contributed by atoms with Crippen LogP contribution in [-0.2, 0) is 11.2 Å². The van der Waals surface area contributed by atoms with Crippen molar-refractivity contribution >= 4 is 5.91 Å². The molecule has 0 unspecified atom stereocenters. The van der Waals surface area contributed by atoms with Gasteiger partial charge in [-0.1, -0.05) is 25.8 Å². The molecular formula is C15H21NO3. The predicted octanol–water partition coefficient (Wildman–Crippen LogP) is 2.65. The van der Waals surface area contributed by atoms with Gasteiger partial charge in [-0.15, -0.1) is 0 Å². The van der Waals surface area contributed by atoms with Crippen LogP contribution < -0.4 is 14.8 Å². The summed E-state index contributed by atoms with van der Waals surface area (Å²) in [5.41, 5.74) is 1.10. The van der Waals surface area contributed by atoms with E-state index in [1.165, 1.54) is 12.8 Å². The highest BCUT2D eigenvalue weighted by Gasteiger charge is 2.13. The van der Waals surface area contributed by atoms with Gasteiger partial charge in [0.15, 0.2) is 11.5 Å². The van der Waals surface area contributed by atoms with Gasteiger partial charge in [-0.2, -0.15) is 0 Å². The van der Waals surface area contributed by atoms with Gasteiger partial charge in [-0.25, -0.2) is 0 Å². The molecule has 1 amide bonds. The molecule has 0 radical (unpaired) electrons. The first kappa shape index (κ1) is 13.7. The lowest BCUT2D eigenvalue weighted by Gasteiger charge is -2.05. The van der Waals surface area contributed by atoms with Gasteiger partial charge in [-0.3, -0.25) is 4.79 Å². The summed E-state index contributed by atoms with van der Waals surface area (Å²) in [6, 6.07) is 5.83. The average molecular weight is 263 g/mol. The average Bonchev–Trinajstić information content (AvgIpc) is 2.89. The van der Waals surface area contributed by atoms with E-state index < -0.39 is 0 Å². The molecule has 19 heavy (non-hydrogen) atoms. The van der Waals surface area contributed by atoms with Crippen LogP contribution in [0.1, 0.15) is 38.2 Å². The van der Waals surface area contributed by atoms with Crippen LogP contribution >= 0.6 is 0 Å². The Kier molecular flexibility index (Phi) is 5.07. The quantitative estimate of drug-likeness (QED) is 0.769. The van der Waals surface area contributed by atoms with Crippen LogP contribution in [0.3, 0.4) is 0 Å². The molecule has 1 aromatic rings. The molecule has 0 saturated carbocycles. The highest BCUT2D eigenvalue weighted by molar-refractivity contribution is 5.76. The number of rotatable bonds is 7. The fourth-order valence-corrected chi connectivity index (χ4v) is 2.05. The predicted molar refractivity (Wildman–Crippen MR) is 73.4 cm³/mol. The molecule has 1 N–H and O–H groups in total. The number of aryl methyl sites for hydroxylation is 1. The van der Waals surface area contributed by atoms with Crippen LogP contribution in [0.25, 0.3) is 0 Å². The Morgan fingerprint density at radius 1 is 1.26 bits per heavy atom. The second-order valence-electron chi connectivity index (χ2n) is 4.74. The fourth-order valence-electron chi connectivity index (χ4n) is 2.05. The molecule has 104 valence electrons. The van der Waals surface area contributed by atoms with Crippen molar-refractivity contribution in [3.63, 3.8) is 0 Å². The summed E-state index contributed by atoms with van der Waals surface area (Å²) in [4.78, 5) is 11.6. The van der Waals surface area contributed by atoms with Gasteiger partial charge in [0.1, 0.15) is 0 Å².